The van der Waals surface area contributed by atoms with E-state index < -0.39 is 0 Å². The first kappa shape index (κ1) is 10.8. The Morgan fingerprint density at radius 2 is 1.73 bits per heavy atom. The molecule has 0 saturated carbocycles. The Morgan fingerprint density at radius 3 is 2.20 bits per heavy atom. The van der Waals surface area contributed by atoms with Crippen molar-refractivity contribution < 1.29 is 9.59 Å². The maximum atomic E-state index is 8.81. The van der Waals surface area contributed by atoms with Crippen molar-refractivity contribution in [1.29, 1.82) is 0 Å². The molecule has 76 valence electrons. The highest BCUT2D eigenvalue weighted by molar-refractivity contribution is 6.09. The minimum absolute atomic E-state index is 0.194. The molecular weight excluding hydrogens is 192 g/mol. The minimum atomic E-state index is 0.194. The summed E-state index contributed by atoms with van der Waals surface area (Å²) < 4.78 is 0. The molecule has 4 heteroatoms. The van der Waals surface area contributed by atoms with Crippen molar-refractivity contribution in [2.24, 2.45) is 0 Å². The van der Waals surface area contributed by atoms with Crippen LogP contribution in [0.25, 0.3) is 11.4 Å². The number of rotatable bonds is 2. The number of aromatic amines is 1. The number of nitrogens with one attached hydrogen (secondary N) is 1. The maximum Gasteiger partial charge on any atom is 0.182 e. The number of aldehydes is 2. The van der Waals surface area contributed by atoms with Crippen LogP contribution in [0.5, 0.6) is 0 Å². The van der Waals surface area contributed by atoms with Gasteiger partial charge in [-0.25, -0.2) is 4.98 Å². The van der Waals surface area contributed by atoms with Crippen LogP contribution in [0.3, 0.4) is 0 Å². The van der Waals surface area contributed by atoms with Gasteiger partial charge in [0.2, 0.25) is 0 Å². The van der Waals surface area contributed by atoms with Crippen molar-refractivity contribution in [1.82, 2.24) is 9.97 Å². The Morgan fingerprint density at radius 1 is 1.07 bits per heavy atom. The highest BCUT2D eigenvalue weighted by Crippen LogP contribution is 2.11. The van der Waals surface area contributed by atoms with Gasteiger partial charge < -0.3 is 4.98 Å². The summed E-state index contributed by atoms with van der Waals surface area (Å²) in [7, 11) is 0. The summed E-state index contributed by atoms with van der Waals surface area (Å²) in [6, 6.07) is 10.0. The summed E-state index contributed by atoms with van der Waals surface area (Å²) in [6.07, 6.45) is 3.96. The molecule has 0 bridgehead atoms. The largest absolute Gasteiger partial charge is 0.345 e. The van der Waals surface area contributed by atoms with E-state index in [1.54, 1.807) is 6.20 Å². The lowest BCUT2D eigenvalue weighted by Crippen LogP contribution is -1.77. The SMILES string of the molecule is O=CC=O.c1ccc(-c2ncc[nH]2)cc1. The molecule has 0 aliphatic rings. The van der Waals surface area contributed by atoms with E-state index in [-0.39, 0.29) is 12.6 Å². The summed E-state index contributed by atoms with van der Waals surface area (Å²) in [5.74, 6) is 0.922. The predicted molar refractivity (Wildman–Crippen MR) is 56.2 cm³/mol. The molecule has 0 aliphatic carbocycles. The normalized spacial score (nSPS) is 8.53. The zero-order chi connectivity index (χ0) is 10.9. The van der Waals surface area contributed by atoms with Crippen LogP contribution in [0, 0.1) is 0 Å². The quantitative estimate of drug-likeness (QED) is 0.592. The van der Waals surface area contributed by atoms with Crippen molar-refractivity contribution in [3.05, 3.63) is 42.7 Å². The standard InChI is InChI=1S/C9H8N2.C2H2O2/c1-2-4-8(5-3-1)9-10-6-7-11-9;3-1-2-4/h1-7H,(H,10,11);1-2H. The van der Waals surface area contributed by atoms with Gasteiger partial charge in [-0.3, -0.25) is 9.59 Å². The van der Waals surface area contributed by atoms with E-state index in [0.29, 0.717) is 0 Å². The fourth-order valence-corrected chi connectivity index (χ4v) is 1.02. The Hall–Kier alpha value is -2.23. The molecule has 1 heterocycles. The number of nitrogens with zero attached hydrogens (tertiary/aromatic N) is 1. The average molecular weight is 202 g/mol. The third kappa shape index (κ3) is 3.56. The highest BCUT2D eigenvalue weighted by Gasteiger charge is 1.94. The van der Waals surface area contributed by atoms with Gasteiger partial charge in [-0.2, -0.15) is 0 Å². The van der Waals surface area contributed by atoms with Crippen molar-refractivity contribution >= 4 is 12.6 Å². The molecule has 2 rings (SSSR count). The van der Waals surface area contributed by atoms with Gasteiger partial charge in [-0.1, -0.05) is 30.3 Å². The van der Waals surface area contributed by atoms with Gasteiger partial charge in [0.1, 0.15) is 5.82 Å². The summed E-state index contributed by atoms with van der Waals surface area (Å²) in [4.78, 5) is 24.8. The fraction of sp³-hybridized carbons (Fsp3) is 0. The van der Waals surface area contributed by atoms with E-state index in [1.807, 2.05) is 36.5 Å². The number of carbonyl (C=O) groups is 2. The number of carbonyl (C=O) groups excluding carboxylic acids is 2. The minimum Gasteiger partial charge on any atom is -0.345 e. The molecule has 0 unspecified atom stereocenters. The smallest absolute Gasteiger partial charge is 0.182 e. The third-order valence-electron chi connectivity index (χ3n) is 1.60. The third-order valence-corrected chi connectivity index (χ3v) is 1.60. The first-order valence-electron chi connectivity index (χ1n) is 4.32. The van der Waals surface area contributed by atoms with Gasteiger partial charge in [0.15, 0.2) is 12.6 Å². The molecule has 0 aliphatic heterocycles. The van der Waals surface area contributed by atoms with Crippen LogP contribution in [-0.2, 0) is 9.59 Å². The van der Waals surface area contributed by atoms with Gasteiger partial charge in [0.25, 0.3) is 0 Å². The van der Waals surface area contributed by atoms with Crippen molar-refractivity contribution in [2.75, 3.05) is 0 Å². The van der Waals surface area contributed by atoms with Gasteiger partial charge in [0, 0.05) is 18.0 Å². The van der Waals surface area contributed by atoms with E-state index >= 15 is 0 Å². The van der Waals surface area contributed by atoms with E-state index in [2.05, 4.69) is 9.97 Å². The second-order valence-corrected chi connectivity index (χ2v) is 2.58. The lowest BCUT2D eigenvalue weighted by Gasteiger charge is -1.92. The predicted octanol–water partition coefficient (Wildman–Crippen LogP) is 1.46. The molecule has 15 heavy (non-hydrogen) atoms. The average Bonchev–Trinajstić information content (AvgIpc) is 2.84. The molecule has 0 amide bonds. The fourth-order valence-electron chi connectivity index (χ4n) is 1.02. The van der Waals surface area contributed by atoms with Crippen molar-refractivity contribution in [3.8, 4) is 11.4 Å². The number of hydrogen-bond acceptors (Lipinski definition) is 3. The molecule has 0 fully saturated rings. The topological polar surface area (TPSA) is 62.8 Å². The van der Waals surface area contributed by atoms with Gasteiger partial charge >= 0.3 is 0 Å². The molecule has 1 aromatic heterocycles. The monoisotopic (exact) mass is 202 g/mol. The molecule has 4 nitrogen and oxygen atoms in total. The Kier molecular flexibility index (Phi) is 4.53. The maximum absolute atomic E-state index is 8.81. The summed E-state index contributed by atoms with van der Waals surface area (Å²) in [5, 5.41) is 0. The van der Waals surface area contributed by atoms with Crippen molar-refractivity contribution in [3.63, 3.8) is 0 Å². The van der Waals surface area contributed by atoms with E-state index in [4.69, 9.17) is 9.59 Å². The number of aromatic nitrogens is 2. The van der Waals surface area contributed by atoms with Crippen LogP contribution >= 0.6 is 0 Å². The van der Waals surface area contributed by atoms with Crippen molar-refractivity contribution in [2.45, 2.75) is 0 Å². The molecule has 0 spiro atoms. The zero-order valence-corrected chi connectivity index (χ0v) is 7.96. The van der Waals surface area contributed by atoms with Crippen LogP contribution in [-0.4, -0.2) is 22.5 Å². The second-order valence-electron chi connectivity index (χ2n) is 2.58. The van der Waals surface area contributed by atoms with Gasteiger partial charge in [0.05, 0.1) is 0 Å². The van der Waals surface area contributed by atoms with Crippen LogP contribution in [0.15, 0.2) is 42.7 Å². The first-order chi connectivity index (χ1) is 7.38. The molecule has 0 atom stereocenters. The lowest BCUT2D eigenvalue weighted by molar-refractivity contribution is -0.122. The van der Waals surface area contributed by atoms with Crippen LogP contribution in [0.1, 0.15) is 0 Å². The summed E-state index contributed by atoms with van der Waals surface area (Å²) >= 11 is 0. The zero-order valence-electron chi connectivity index (χ0n) is 7.96. The Bertz CT molecular complexity index is 390. The molecule has 1 aromatic carbocycles. The van der Waals surface area contributed by atoms with E-state index in [9.17, 15) is 0 Å². The number of hydrogen-bond donors (Lipinski definition) is 1. The Balaban J connectivity index is 0.000000245. The number of H-pyrrole nitrogens is 1. The Labute approximate surface area is 87.0 Å². The van der Waals surface area contributed by atoms with Crippen LogP contribution < -0.4 is 0 Å². The van der Waals surface area contributed by atoms with Crippen LogP contribution in [0.2, 0.25) is 0 Å². The van der Waals surface area contributed by atoms with E-state index in [1.165, 1.54) is 0 Å². The number of imidazole rings is 1. The molecule has 2 aromatic rings. The molecule has 0 radical (unpaired) electrons. The van der Waals surface area contributed by atoms with Crippen LogP contribution in [0.4, 0.5) is 0 Å². The molecular formula is C11H10N2O2. The summed E-state index contributed by atoms with van der Waals surface area (Å²) in [6.45, 7) is 0. The highest BCUT2D eigenvalue weighted by atomic mass is 16.2. The molecule has 1 N–H and O–H groups in total. The van der Waals surface area contributed by atoms with E-state index in [0.717, 1.165) is 11.4 Å². The lowest BCUT2D eigenvalue weighted by atomic mass is 10.2. The molecule has 0 saturated heterocycles. The van der Waals surface area contributed by atoms with Gasteiger partial charge in [-0.15, -0.1) is 0 Å². The second kappa shape index (κ2) is 6.26. The first-order valence-corrected chi connectivity index (χ1v) is 4.32. The van der Waals surface area contributed by atoms with Gasteiger partial charge in [-0.05, 0) is 0 Å². The number of benzene rings is 1. The summed E-state index contributed by atoms with van der Waals surface area (Å²) in [5.41, 5.74) is 1.12.